The van der Waals surface area contributed by atoms with Crippen LogP contribution in [0.4, 0.5) is 5.69 Å². The first-order valence-corrected chi connectivity index (χ1v) is 12.5. The molecule has 1 aromatic carbocycles. The maximum Gasteiger partial charge on any atom is 0.275 e. The Morgan fingerprint density at radius 2 is 1.36 bits per heavy atom. The molecule has 2 saturated carbocycles. The molecule has 3 nitrogen and oxygen atoms in total. The summed E-state index contributed by atoms with van der Waals surface area (Å²) in [5.41, 5.74) is 0.619. The second kappa shape index (κ2) is 10.4. The number of carbonyl (C=O) groups excluding carboxylic acids is 2. The third-order valence-corrected chi connectivity index (χ3v) is 9.80. The van der Waals surface area contributed by atoms with Crippen molar-refractivity contribution < 1.29 is 9.59 Å². The molecule has 0 atom stereocenters. The maximum absolute atomic E-state index is 13.7. The van der Waals surface area contributed by atoms with Crippen LogP contribution in [0.2, 0.25) is 0 Å². The van der Waals surface area contributed by atoms with Crippen molar-refractivity contribution in [2.75, 3.05) is 4.42 Å². The fourth-order valence-corrected chi connectivity index (χ4v) is 8.26. The molecule has 0 aromatic heterocycles. The number of nitrogens with zero attached hydrogens (tertiary/aromatic N) is 1. The van der Waals surface area contributed by atoms with Crippen LogP contribution < -0.4 is 4.42 Å². The molecule has 0 aliphatic heterocycles. The molecule has 0 spiro atoms. The highest BCUT2D eigenvalue weighted by atomic mass is 35.5. The zero-order chi connectivity index (χ0) is 20.0. The largest absolute Gasteiger partial charge is 0.297 e. The van der Waals surface area contributed by atoms with E-state index in [-0.39, 0.29) is 11.7 Å². The van der Waals surface area contributed by atoms with Gasteiger partial charge in [-0.2, -0.15) is 0 Å². The Morgan fingerprint density at radius 3 is 1.79 bits per heavy atom. The number of hydrogen-bond donors (Lipinski definition) is 0. The second-order valence-electron chi connectivity index (χ2n) is 7.85. The van der Waals surface area contributed by atoms with E-state index in [0.717, 1.165) is 25.7 Å². The van der Waals surface area contributed by atoms with Crippen molar-refractivity contribution in [1.29, 1.82) is 0 Å². The van der Waals surface area contributed by atoms with E-state index in [2.05, 4.69) is 0 Å². The van der Waals surface area contributed by atoms with Gasteiger partial charge in [-0.3, -0.25) is 9.59 Å². The monoisotopic (exact) mass is 439 g/mol. The van der Waals surface area contributed by atoms with Crippen LogP contribution in [0.25, 0.3) is 0 Å². The third-order valence-electron chi connectivity index (χ3n) is 5.68. The average Bonchev–Trinajstić information content (AvgIpc) is 2.74. The Kier molecular flexibility index (Phi) is 8.19. The van der Waals surface area contributed by atoms with Gasteiger partial charge in [-0.1, -0.05) is 56.7 Å². The van der Waals surface area contributed by atoms with Crippen LogP contribution in [-0.4, -0.2) is 26.3 Å². The molecule has 154 valence electrons. The highest BCUT2D eigenvalue weighted by Crippen LogP contribution is 2.50. The van der Waals surface area contributed by atoms with Gasteiger partial charge in [0, 0.05) is 22.3 Å². The zero-order valence-electron chi connectivity index (χ0n) is 16.6. The van der Waals surface area contributed by atoms with Crippen LogP contribution in [0.15, 0.2) is 30.3 Å². The van der Waals surface area contributed by atoms with Crippen LogP contribution in [0.1, 0.15) is 71.1 Å². The summed E-state index contributed by atoms with van der Waals surface area (Å²) in [6, 6.07) is 9.23. The van der Waals surface area contributed by atoms with Crippen LogP contribution in [0.3, 0.4) is 0 Å². The van der Waals surface area contributed by atoms with Gasteiger partial charge in [-0.25, -0.2) is 4.42 Å². The lowest BCUT2D eigenvalue weighted by Crippen LogP contribution is -2.48. The first-order valence-electron chi connectivity index (χ1n) is 10.4. The molecular formula is C22H30ClNO2S2. The van der Waals surface area contributed by atoms with E-state index in [4.69, 9.17) is 11.8 Å². The number of hydrogen-bond acceptors (Lipinski definition) is 4. The summed E-state index contributed by atoms with van der Waals surface area (Å²) in [5, 5.41) is 0.692. The highest BCUT2D eigenvalue weighted by Gasteiger charge is 2.50. The number of rotatable bonds is 7. The van der Waals surface area contributed by atoms with Crippen molar-refractivity contribution >= 4 is 52.7 Å². The summed E-state index contributed by atoms with van der Waals surface area (Å²) in [7, 11) is 0. The fraction of sp³-hybridized carbons (Fsp3) is 0.636. The quantitative estimate of drug-likeness (QED) is 0.273. The minimum atomic E-state index is -1.15. The van der Waals surface area contributed by atoms with Crippen molar-refractivity contribution in [3.63, 3.8) is 0 Å². The Labute approximate surface area is 182 Å². The van der Waals surface area contributed by atoms with E-state index in [0.29, 0.717) is 16.2 Å². The number of ketones is 1. The predicted molar refractivity (Wildman–Crippen MR) is 122 cm³/mol. The number of carbonyl (C=O) groups is 2. The van der Waals surface area contributed by atoms with E-state index in [9.17, 15) is 9.59 Å². The van der Waals surface area contributed by atoms with E-state index in [1.807, 2.05) is 30.3 Å². The van der Waals surface area contributed by atoms with Gasteiger partial charge >= 0.3 is 0 Å². The Morgan fingerprint density at radius 1 is 0.893 bits per heavy atom. The maximum atomic E-state index is 13.7. The topological polar surface area (TPSA) is 37.4 Å². The number of para-hydroxylation sites is 1. The van der Waals surface area contributed by atoms with E-state index in [1.165, 1.54) is 42.9 Å². The van der Waals surface area contributed by atoms with Gasteiger partial charge in [0.25, 0.3) is 5.91 Å². The van der Waals surface area contributed by atoms with Gasteiger partial charge in [-0.05, 0) is 44.7 Å². The SMILES string of the molecule is CC(=O)C(SC1CCCCC1)(SC1CCCCC1)C(=O)N(Cl)c1ccccc1. The fourth-order valence-electron chi connectivity index (χ4n) is 4.09. The molecular weight excluding hydrogens is 410 g/mol. The van der Waals surface area contributed by atoms with Gasteiger partial charge in [0.15, 0.2) is 5.78 Å². The summed E-state index contributed by atoms with van der Waals surface area (Å²) in [6.45, 7) is 1.57. The summed E-state index contributed by atoms with van der Waals surface area (Å²) in [5.74, 6) is -0.371. The van der Waals surface area contributed by atoms with E-state index in [1.54, 1.807) is 30.4 Å². The first-order chi connectivity index (χ1) is 13.5. The average molecular weight is 440 g/mol. The van der Waals surface area contributed by atoms with Gasteiger partial charge in [0.2, 0.25) is 4.08 Å². The van der Waals surface area contributed by atoms with Crippen molar-refractivity contribution in [2.24, 2.45) is 0 Å². The molecule has 2 aliphatic carbocycles. The third kappa shape index (κ3) is 5.28. The Bertz CT molecular complexity index is 638. The molecule has 0 saturated heterocycles. The predicted octanol–water partition coefficient (Wildman–Crippen LogP) is 6.59. The lowest BCUT2D eigenvalue weighted by atomic mass is 10.0. The molecule has 0 unspecified atom stereocenters. The molecule has 1 amide bonds. The summed E-state index contributed by atoms with van der Waals surface area (Å²) in [6.07, 6.45) is 11.5. The zero-order valence-corrected chi connectivity index (χ0v) is 19.0. The smallest absolute Gasteiger partial charge is 0.275 e. The normalized spacial score (nSPS) is 19.4. The lowest BCUT2D eigenvalue weighted by molar-refractivity contribution is -0.125. The minimum absolute atomic E-state index is 0.0785. The molecule has 2 aliphatic rings. The van der Waals surface area contributed by atoms with Crippen LogP contribution >= 0.6 is 35.3 Å². The number of Topliss-reactive ketones (excluding diaryl/α,β-unsaturated/α-hetero) is 1. The van der Waals surface area contributed by atoms with Gasteiger partial charge in [-0.15, -0.1) is 23.5 Å². The van der Waals surface area contributed by atoms with Crippen molar-refractivity contribution in [3.8, 4) is 0 Å². The van der Waals surface area contributed by atoms with Gasteiger partial charge < -0.3 is 0 Å². The van der Waals surface area contributed by atoms with Crippen LogP contribution in [0, 0.1) is 0 Å². The molecule has 28 heavy (non-hydrogen) atoms. The number of amides is 1. The van der Waals surface area contributed by atoms with E-state index >= 15 is 0 Å². The Balaban J connectivity index is 1.89. The minimum Gasteiger partial charge on any atom is -0.297 e. The summed E-state index contributed by atoms with van der Waals surface area (Å²) in [4.78, 5) is 26.7. The van der Waals surface area contributed by atoms with Crippen molar-refractivity contribution in [1.82, 2.24) is 0 Å². The second-order valence-corrected chi connectivity index (χ2v) is 11.5. The summed E-state index contributed by atoms with van der Waals surface area (Å²) < 4.78 is 0.0225. The van der Waals surface area contributed by atoms with Crippen LogP contribution in [-0.2, 0) is 9.59 Å². The number of anilines is 1. The number of halogens is 1. The molecule has 0 N–H and O–H groups in total. The lowest BCUT2D eigenvalue weighted by Gasteiger charge is -2.38. The van der Waals surface area contributed by atoms with Crippen molar-refractivity contribution in [2.45, 2.75) is 85.7 Å². The van der Waals surface area contributed by atoms with E-state index < -0.39 is 4.08 Å². The number of thioether (sulfide) groups is 2. The van der Waals surface area contributed by atoms with Gasteiger partial charge in [0.05, 0.1) is 5.69 Å². The molecule has 2 fully saturated rings. The standard InChI is InChI=1S/C22H30ClNO2S2/c1-17(25)22(27-19-13-7-3-8-14-19,28-20-15-9-4-10-16-20)21(26)24(23)18-11-5-2-6-12-18/h2,5-6,11-12,19-20H,3-4,7-10,13-16H2,1H3. The molecule has 0 heterocycles. The molecule has 6 heteroatoms. The van der Waals surface area contributed by atoms with Crippen molar-refractivity contribution in [3.05, 3.63) is 30.3 Å². The number of benzene rings is 1. The molecule has 0 bridgehead atoms. The molecule has 0 radical (unpaired) electrons. The first kappa shape index (κ1) is 22.0. The highest BCUT2D eigenvalue weighted by molar-refractivity contribution is 8.21. The molecule has 1 aromatic rings. The summed E-state index contributed by atoms with van der Waals surface area (Å²) >= 11 is 9.69. The molecule has 3 rings (SSSR count). The van der Waals surface area contributed by atoms with Crippen LogP contribution in [0.5, 0.6) is 0 Å². The Hall–Kier alpha value is -0.650. The van der Waals surface area contributed by atoms with Gasteiger partial charge in [0.1, 0.15) is 0 Å².